The van der Waals surface area contributed by atoms with Gasteiger partial charge in [0.15, 0.2) is 0 Å². The molecule has 1 unspecified atom stereocenters. The van der Waals surface area contributed by atoms with E-state index in [0.717, 1.165) is 18.5 Å². The zero-order valence-electron chi connectivity index (χ0n) is 9.35. The van der Waals surface area contributed by atoms with Gasteiger partial charge < -0.3 is 11.1 Å². The highest BCUT2D eigenvalue weighted by Crippen LogP contribution is 2.14. The SMILES string of the molecule is CC(Cc1cccc([N+](=O)[O-])c1)NCCN. The van der Waals surface area contributed by atoms with E-state index >= 15 is 0 Å². The number of nitrogens with one attached hydrogen (secondary N) is 1. The van der Waals surface area contributed by atoms with Crippen LogP contribution >= 0.6 is 0 Å². The third-order valence-corrected chi connectivity index (χ3v) is 2.30. The number of hydrogen-bond acceptors (Lipinski definition) is 4. The van der Waals surface area contributed by atoms with Crippen molar-refractivity contribution in [1.29, 1.82) is 0 Å². The van der Waals surface area contributed by atoms with Crippen molar-refractivity contribution in [3.8, 4) is 0 Å². The Balaban J connectivity index is 2.59. The molecule has 0 heterocycles. The molecule has 0 bridgehead atoms. The summed E-state index contributed by atoms with van der Waals surface area (Å²) in [6.45, 7) is 3.39. The van der Waals surface area contributed by atoms with Crippen molar-refractivity contribution in [2.45, 2.75) is 19.4 Å². The van der Waals surface area contributed by atoms with E-state index in [0.29, 0.717) is 6.54 Å². The van der Waals surface area contributed by atoms with Crippen LogP contribution in [0.1, 0.15) is 12.5 Å². The van der Waals surface area contributed by atoms with E-state index in [-0.39, 0.29) is 16.7 Å². The second-order valence-corrected chi connectivity index (χ2v) is 3.77. The normalized spacial score (nSPS) is 12.4. The molecule has 0 spiro atoms. The molecule has 88 valence electrons. The summed E-state index contributed by atoms with van der Waals surface area (Å²) in [7, 11) is 0. The molecule has 16 heavy (non-hydrogen) atoms. The first kappa shape index (κ1) is 12.6. The Labute approximate surface area is 94.8 Å². The van der Waals surface area contributed by atoms with Crippen LogP contribution in [0.2, 0.25) is 0 Å². The predicted molar refractivity (Wildman–Crippen MR) is 63.3 cm³/mol. The largest absolute Gasteiger partial charge is 0.329 e. The smallest absolute Gasteiger partial charge is 0.269 e. The van der Waals surface area contributed by atoms with E-state index in [1.54, 1.807) is 12.1 Å². The molecule has 0 aromatic heterocycles. The fourth-order valence-corrected chi connectivity index (χ4v) is 1.55. The maximum absolute atomic E-state index is 10.6. The molecule has 3 N–H and O–H groups in total. The van der Waals surface area contributed by atoms with Gasteiger partial charge in [-0.3, -0.25) is 10.1 Å². The van der Waals surface area contributed by atoms with Gasteiger partial charge in [0.05, 0.1) is 4.92 Å². The van der Waals surface area contributed by atoms with E-state index in [1.165, 1.54) is 6.07 Å². The number of benzene rings is 1. The van der Waals surface area contributed by atoms with Gasteiger partial charge in [0.2, 0.25) is 0 Å². The zero-order valence-corrected chi connectivity index (χ0v) is 9.35. The van der Waals surface area contributed by atoms with E-state index in [4.69, 9.17) is 5.73 Å². The lowest BCUT2D eigenvalue weighted by Crippen LogP contribution is -2.32. The van der Waals surface area contributed by atoms with E-state index in [1.807, 2.05) is 13.0 Å². The van der Waals surface area contributed by atoms with Gasteiger partial charge in [-0.25, -0.2) is 0 Å². The third kappa shape index (κ3) is 3.96. The number of non-ortho nitro benzene ring substituents is 1. The van der Waals surface area contributed by atoms with Crippen LogP contribution < -0.4 is 11.1 Å². The van der Waals surface area contributed by atoms with E-state index in [9.17, 15) is 10.1 Å². The highest BCUT2D eigenvalue weighted by atomic mass is 16.6. The minimum Gasteiger partial charge on any atom is -0.329 e. The van der Waals surface area contributed by atoms with Crippen molar-refractivity contribution in [3.05, 3.63) is 39.9 Å². The maximum atomic E-state index is 10.6. The number of nitro benzene ring substituents is 1. The first-order valence-corrected chi connectivity index (χ1v) is 5.30. The fourth-order valence-electron chi connectivity index (χ4n) is 1.55. The molecule has 0 radical (unpaired) electrons. The molecular weight excluding hydrogens is 206 g/mol. The summed E-state index contributed by atoms with van der Waals surface area (Å²) in [5, 5.41) is 13.8. The van der Waals surface area contributed by atoms with Gasteiger partial charge in [-0.15, -0.1) is 0 Å². The minimum atomic E-state index is -0.374. The van der Waals surface area contributed by atoms with Crippen molar-refractivity contribution in [2.75, 3.05) is 13.1 Å². The fraction of sp³-hybridized carbons (Fsp3) is 0.455. The van der Waals surface area contributed by atoms with Crippen molar-refractivity contribution in [1.82, 2.24) is 5.32 Å². The molecule has 5 nitrogen and oxygen atoms in total. The Kier molecular flexibility index (Phi) is 4.88. The molecular formula is C11H17N3O2. The molecule has 0 aliphatic heterocycles. The quantitative estimate of drug-likeness (QED) is 0.558. The Hall–Kier alpha value is -1.46. The third-order valence-electron chi connectivity index (χ3n) is 2.30. The highest BCUT2D eigenvalue weighted by molar-refractivity contribution is 5.34. The van der Waals surface area contributed by atoms with Crippen LogP contribution in [0.15, 0.2) is 24.3 Å². The number of nitrogens with two attached hydrogens (primary N) is 1. The molecule has 0 aliphatic carbocycles. The first-order valence-electron chi connectivity index (χ1n) is 5.30. The number of hydrogen-bond donors (Lipinski definition) is 2. The van der Waals surface area contributed by atoms with Crippen LogP contribution in [-0.4, -0.2) is 24.1 Å². The van der Waals surface area contributed by atoms with Gasteiger partial charge in [-0.05, 0) is 18.9 Å². The van der Waals surface area contributed by atoms with Gasteiger partial charge in [-0.2, -0.15) is 0 Å². The molecule has 0 aliphatic rings. The summed E-state index contributed by atoms with van der Waals surface area (Å²) in [5.74, 6) is 0. The summed E-state index contributed by atoms with van der Waals surface area (Å²) in [4.78, 5) is 10.2. The van der Waals surface area contributed by atoms with Gasteiger partial charge in [0, 0.05) is 31.3 Å². The average Bonchev–Trinajstić information content (AvgIpc) is 2.26. The number of nitrogens with zero attached hydrogens (tertiary/aromatic N) is 1. The Morgan fingerprint density at radius 1 is 1.56 bits per heavy atom. The molecule has 5 heteroatoms. The maximum Gasteiger partial charge on any atom is 0.269 e. The van der Waals surface area contributed by atoms with Gasteiger partial charge in [0.1, 0.15) is 0 Å². The molecule has 1 rings (SSSR count). The second kappa shape index (κ2) is 6.19. The number of rotatable bonds is 6. The zero-order chi connectivity index (χ0) is 12.0. The standard InChI is InChI=1S/C11H17N3O2/c1-9(13-6-5-12)7-10-3-2-4-11(8-10)14(15)16/h2-4,8-9,13H,5-7,12H2,1H3. The molecule has 0 amide bonds. The van der Waals surface area contributed by atoms with E-state index < -0.39 is 0 Å². The molecule has 1 aromatic rings. The van der Waals surface area contributed by atoms with Gasteiger partial charge >= 0.3 is 0 Å². The van der Waals surface area contributed by atoms with Crippen LogP contribution in [-0.2, 0) is 6.42 Å². The molecule has 1 aromatic carbocycles. The lowest BCUT2D eigenvalue weighted by molar-refractivity contribution is -0.384. The minimum absolute atomic E-state index is 0.142. The summed E-state index contributed by atoms with van der Waals surface area (Å²) in [5.41, 5.74) is 6.49. The highest BCUT2D eigenvalue weighted by Gasteiger charge is 2.07. The monoisotopic (exact) mass is 223 g/mol. The summed E-state index contributed by atoms with van der Waals surface area (Å²) < 4.78 is 0. The molecule has 0 saturated carbocycles. The van der Waals surface area contributed by atoms with Crippen molar-refractivity contribution < 1.29 is 4.92 Å². The summed E-state index contributed by atoms with van der Waals surface area (Å²) in [6.07, 6.45) is 0.766. The van der Waals surface area contributed by atoms with E-state index in [2.05, 4.69) is 5.32 Å². The number of nitro groups is 1. The Morgan fingerprint density at radius 2 is 2.31 bits per heavy atom. The first-order chi connectivity index (χ1) is 7.63. The van der Waals surface area contributed by atoms with Crippen LogP contribution in [0.3, 0.4) is 0 Å². The van der Waals surface area contributed by atoms with Crippen molar-refractivity contribution in [3.63, 3.8) is 0 Å². The lowest BCUT2D eigenvalue weighted by atomic mass is 10.1. The Morgan fingerprint density at radius 3 is 2.94 bits per heavy atom. The predicted octanol–water partition coefficient (Wildman–Crippen LogP) is 1.07. The van der Waals surface area contributed by atoms with Crippen LogP contribution in [0.25, 0.3) is 0 Å². The van der Waals surface area contributed by atoms with Gasteiger partial charge in [0.25, 0.3) is 5.69 Å². The van der Waals surface area contributed by atoms with Crippen molar-refractivity contribution >= 4 is 5.69 Å². The van der Waals surface area contributed by atoms with Crippen molar-refractivity contribution in [2.24, 2.45) is 5.73 Å². The van der Waals surface area contributed by atoms with Crippen LogP contribution in [0, 0.1) is 10.1 Å². The molecule has 0 saturated heterocycles. The lowest BCUT2D eigenvalue weighted by Gasteiger charge is -2.12. The molecule has 0 fully saturated rings. The van der Waals surface area contributed by atoms with Crippen LogP contribution in [0.4, 0.5) is 5.69 Å². The Bertz CT molecular complexity index is 355. The average molecular weight is 223 g/mol. The second-order valence-electron chi connectivity index (χ2n) is 3.77. The topological polar surface area (TPSA) is 81.2 Å². The summed E-state index contributed by atoms with van der Waals surface area (Å²) >= 11 is 0. The molecule has 1 atom stereocenters. The summed E-state index contributed by atoms with van der Waals surface area (Å²) in [6, 6.07) is 6.99. The van der Waals surface area contributed by atoms with Gasteiger partial charge in [-0.1, -0.05) is 12.1 Å². The van der Waals surface area contributed by atoms with Crippen LogP contribution in [0.5, 0.6) is 0 Å².